The van der Waals surface area contributed by atoms with Gasteiger partial charge in [0.05, 0.1) is 12.4 Å². The molecular weight excluding hydrogens is 358 g/mol. The number of pyridine rings is 1. The van der Waals surface area contributed by atoms with Gasteiger partial charge in [0.1, 0.15) is 11.5 Å². The lowest BCUT2D eigenvalue weighted by Gasteiger charge is -2.19. The van der Waals surface area contributed by atoms with E-state index in [0.717, 1.165) is 19.5 Å². The van der Waals surface area contributed by atoms with Crippen molar-refractivity contribution in [3.63, 3.8) is 0 Å². The van der Waals surface area contributed by atoms with E-state index in [1.807, 2.05) is 0 Å². The third-order valence-electron chi connectivity index (χ3n) is 4.01. The van der Waals surface area contributed by atoms with Crippen LogP contribution in [0.2, 0.25) is 0 Å². The number of hydrogen-bond donors (Lipinski definition) is 2. The molecule has 27 heavy (non-hydrogen) atoms. The standard InChI is InChI=1S/C17H20F2N6O2/c18-17(19)27-15-12(3-1-5-21-15)9-23-14-11-22-13(10-24-14)16(26)25-7-2-4-20-6-8-25/h1,3,5,10-11,17,20H,2,4,6-9H2,(H,23,24). The van der Waals surface area contributed by atoms with Crippen molar-refractivity contribution in [3.05, 3.63) is 42.0 Å². The van der Waals surface area contributed by atoms with Gasteiger partial charge in [0.25, 0.3) is 5.91 Å². The molecule has 0 aliphatic carbocycles. The first-order valence-corrected chi connectivity index (χ1v) is 8.58. The first-order valence-electron chi connectivity index (χ1n) is 8.58. The van der Waals surface area contributed by atoms with Gasteiger partial charge in [-0.15, -0.1) is 0 Å². The Hall–Kier alpha value is -2.88. The summed E-state index contributed by atoms with van der Waals surface area (Å²) in [5, 5.41) is 6.20. The van der Waals surface area contributed by atoms with Gasteiger partial charge in [0, 0.05) is 37.9 Å². The Morgan fingerprint density at radius 1 is 1.26 bits per heavy atom. The molecule has 0 bridgehead atoms. The van der Waals surface area contributed by atoms with Crippen LogP contribution in [0.1, 0.15) is 22.5 Å². The summed E-state index contributed by atoms with van der Waals surface area (Å²) in [6.45, 7) is 0.195. The zero-order valence-corrected chi connectivity index (χ0v) is 14.6. The third-order valence-corrected chi connectivity index (χ3v) is 4.01. The van der Waals surface area contributed by atoms with Crippen molar-refractivity contribution < 1.29 is 18.3 Å². The SMILES string of the molecule is O=C(c1cnc(NCc2cccnc2OC(F)F)cn1)N1CCCNCC1. The van der Waals surface area contributed by atoms with Crippen LogP contribution in [-0.2, 0) is 6.54 Å². The van der Waals surface area contributed by atoms with Gasteiger partial charge in [-0.3, -0.25) is 4.79 Å². The van der Waals surface area contributed by atoms with Crippen molar-refractivity contribution in [1.29, 1.82) is 0 Å². The lowest BCUT2D eigenvalue weighted by Crippen LogP contribution is -2.34. The van der Waals surface area contributed by atoms with Crippen LogP contribution in [-0.4, -0.2) is 58.5 Å². The number of hydrogen-bond acceptors (Lipinski definition) is 7. The van der Waals surface area contributed by atoms with E-state index in [9.17, 15) is 13.6 Å². The van der Waals surface area contributed by atoms with E-state index in [1.165, 1.54) is 18.6 Å². The van der Waals surface area contributed by atoms with Gasteiger partial charge < -0.3 is 20.3 Å². The fraction of sp³-hybridized carbons (Fsp3) is 0.412. The topological polar surface area (TPSA) is 92.3 Å². The van der Waals surface area contributed by atoms with Crippen LogP contribution in [0.5, 0.6) is 5.88 Å². The minimum atomic E-state index is -2.95. The van der Waals surface area contributed by atoms with Gasteiger partial charge in [0.15, 0.2) is 0 Å². The molecule has 1 amide bonds. The van der Waals surface area contributed by atoms with Crippen molar-refractivity contribution in [2.75, 3.05) is 31.5 Å². The summed E-state index contributed by atoms with van der Waals surface area (Å²) in [5.74, 6) is 0.114. The molecule has 144 valence electrons. The van der Waals surface area contributed by atoms with E-state index < -0.39 is 6.61 Å². The highest BCUT2D eigenvalue weighted by molar-refractivity contribution is 5.92. The summed E-state index contributed by atoms with van der Waals surface area (Å²) < 4.78 is 29.2. The highest BCUT2D eigenvalue weighted by atomic mass is 19.3. The van der Waals surface area contributed by atoms with E-state index in [0.29, 0.717) is 24.5 Å². The number of ether oxygens (including phenoxy) is 1. The van der Waals surface area contributed by atoms with Crippen LogP contribution in [0, 0.1) is 0 Å². The number of amides is 1. The largest absolute Gasteiger partial charge is 0.417 e. The highest BCUT2D eigenvalue weighted by Crippen LogP contribution is 2.18. The van der Waals surface area contributed by atoms with Gasteiger partial charge in [-0.1, -0.05) is 6.07 Å². The molecule has 3 heterocycles. The molecule has 1 fully saturated rings. The number of carbonyl (C=O) groups is 1. The van der Waals surface area contributed by atoms with E-state index in [-0.39, 0.29) is 24.0 Å². The summed E-state index contributed by atoms with van der Waals surface area (Å²) >= 11 is 0. The summed E-state index contributed by atoms with van der Waals surface area (Å²) in [6, 6.07) is 3.25. The molecule has 10 heteroatoms. The number of rotatable bonds is 6. The van der Waals surface area contributed by atoms with Crippen molar-refractivity contribution in [2.24, 2.45) is 0 Å². The maximum absolute atomic E-state index is 12.5. The molecule has 0 atom stereocenters. The molecule has 0 saturated carbocycles. The Morgan fingerprint density at radius 3 is 2.93 bits per heavy atom. The van der Waals surface area contributed by atoms with Crippen molar-refractivity contribution in [2.45, 2.75) is 19.6 Å². The second-order valence-corrected chi connectivity index (χ2v) is 5.88. The second-order valence-electron chi connectivity index (χ2n) is 5.88. The van der Waals surface area contributed by atoms with Crippen LogP contribution in [0.4, 0.5) is 14.6 Å². The van der Waals surface area contributed by atoms with Gasteiger partial charge in [-0.2, -0.15) is 8.78 Å². The average Bonchev–Trinajstić information content (AvgIpc) is 2.96. The molecule has 1 aliphatic rings. The molecule has 2 N–H and O–H groups in total. The summed E-state index contributed by atoms with van der Waals surface area (Å²) in [6.07, 6.45) is 5.11. The number of nitrogens with one attached hydrogen (secondary N) is 2. The first-order chi connectivity index (χ1) is 13.1. The van der Waals surface area contributed by atoms with Gasteiger partial charge in [-0.25, -0.2) is 15.0 Å². The Balaban J connectivity index is 1.60. The minimum Gasteiger partial charge on any atom is -0.417 e. The zero-order valence-electron chi connectivity index (χ0n) is 14.6. The predicted octanol–water partition coefficient (Wildman–Crippen LogP) is 1.52. The molecule has 0 radical (unpaired) electrons. The van der Waals surface area contributed by atoms with E-state index in [1.54, 1.807) is 17.0 Å². The van der Waals surface area contributed by atoms with Crippen molar-refractivity contribution >= 4 is 11.7 Å². The lowest BCUT2D eigenvalue weighted by molar-refractivity contribution is -0.0534. The molecule has 3 rings (SSSR count). The number of anilines is 1. The smallest absolute Gasteiger partial charge is 0.388 e. The summed E-state index contributed by atoms with van der Waals surface area (Å²) in [4.78, 5) is 26.4. The number of halogens is 2. The number of nitrogens with zero attached hydrogens (tertiary/aromatic N) is 4. The summed E-state index contributed by atoms with van der Waals surface area (Å²) in [7, 11) is 0. The van der Waals surface area contributed by atoms with Gasteiger partial charge in [0.2, 0.25) is 5.88 Å². The molecule has 2 aromatic rings. The molecule has 0 unspecified atom stereocenters. The molecule has 8 nitrogen and oxygen atoms in total. The number of carbonyl (C=O) groups excluding carboxylic acids is 1. The van der Waals surface area contributed by atoms with Crippen molar-refractivity contribution in [1.82, 2.24) is 25.2 Å². The van der Waals surface area contributed by atoms with Crippen LogP contribution < -0.4 is 15.4 Å². The Kier molecular flexibility index (Phi) is 6.42. The van der Waals surface area contributed by atoms with Crippen molar-refractivity contribution in [3.8, 4) is 5.88 Å². The quantitative estimate of drug-likeness (QED) is 0.787. The Bertz CT molecular complexity index is 751. The monoisotopic (exact) mass is 378 g/mol. The highest BCUT2D eigenvalue weighted by Gasteiger charge is 2.18. The number of alkyl halides is 2. The van der Waals surface area contributed by atoms with Gasteiger partial charge >= 0.3 is 6.61 Å². The molecule has 2 aromatic heterocycles. The van der Waals surface area contributed by atoms with Gasteiger partial charge in [-0.05, 0) is 19.0 Å². The molecule has 0 spiro atoms. The first kappa shape index (κ1) is 18.9. The fourth-order valence-electron chi connectivity index (χ4n) is 2.68. The Labute approximate surface area is 155 Å². The maximum atomic E-state index is 12.5. The molecule has 1 saturated heterocycles. The van der Waals surface area contributed by atoms with E-state index in [4.69, 9.17) is 0 Å². The molecule has 0 aromatic carbocycles. The maximum Gasteiger partial charge on any atom is 0.388 e. The third kappa shape index (κ3) is 5.30. The van der Waals surface area contributed by atoms with E-state index >= 15 is 0 Å². The zero-order chi connectivity index (χ0) is 19.1. The van der Waals surface area contributed by atoms with Crippen LogP contribution in [0.15, 0.2) is 30.7 Å². The second kappa shape index (κ2) is 9.17. The lowest BCUT2D eigenvalue weighted by atomic mass is 10.2. The van der Waals surface area contributed by atoms with Crippen LogP contribution >= 0.6 is 0 Å². The fourth-order valence-corrected chi connectivity index (χ4v) is 2.68. The van der Waals surface area contributed by atoms with E-state index in [2.05, 4.69) is 30.3 Å². The predicted molar refractivity (Wildman–Crippen MR) is 93.6 cm³/mol. The summed E-state index contributed by atoms with van der Waals surface area (Å²) in [5.41, 5.74) is 0.724. The molecular formula is C17H20F2N6O2. The number of aromatic nitrogens is 3. The Morgan fingerprint density at radius 2 is 2.15 bits per heavy atom. The van der Waals surface area contributed by atoms with Crippen LogP contribution in [0.3, 0.4) is 0 Å². The molecule has 1 aliphatic heterocycles. The van der Waals surface area contributed by atoms with Crippen LogP contribution in [0.25, 0.3) is 0 Å². The average molecular weight is 378 g/mol. The minimum absolute atomic E-state index is 0.144. The normalized spacial score (nSPS) is 14.7.